The molecule has 1 aromatic carbocycles. The van der Waals surface area contributed by atoms with E-state index in [1.165, 1.54) is 24.3 Å². The Labute approximate surface area is 116 Å². The molecule has 0 aliphatic heterocycles. The van der Waals surface area contributed by atoms with Gasteiger partial charge in [0.05, 0.1) is 12.1 Å². The van der Waals surface area contributed by atoms with Crippen LogP contribution in [0.3, 0.4) is 0 Å². The van der Waals surface area contributed by atoms with Crippen LogP contribution in [0.4, 0.5) is 10.3 Å². The first-order valence-electron chi connectivity index (χ1n) is 6.14. The Morgan fingerprint density at radius 3 is 2.60 bits per heavy atom. The molecule has 0 spiro atoms. The fourth-order valence-corrected chi connectivity index (χ4v) is 1.42. The molecule has 0 amide bonds. The molecule has 0 saturated carbocycles. The number of hydrogen-bond donors (Lipinski definition) is 2. The highest BCUT2D eigenvalue weighted by Gasteiger charge is 2.17. The zero-order valence-corrected chi connectivity index (χ0v) is 11.3. The van der Waals surface area contributed by atoms with Crippen molar-refractivity contribution in [1.29, 1.82) is 0 Å². The van der Waals surface area contributed by atoms with Gasteiger partial charge in [-0.1, -0.05) is 0 Å². The Morgan fingerprint density at radius 1 is 1.25 bits per heavy atom. The smallest absolute Gasteiger partial charge is 0.226 e. The van der Waals surface area contributed by atoms with E-state index in [4.69, 9.17) is 4.74 Å². The van der Waals surface area contributed by atoms with Gasteiger partial charge in [0.2, 0.25) is 11.8 Å². The van der Waals surface area contributed by atoms with Crippen LogP contribution in [0.5, 0.6) is 11.6 Å². The average Bonchev–Trinajstić information content (AvgIpc) is 2.41. The second-order valence-corrected chi connectivity index (χ2v) is 4.94. The summed E-state index contributed by atoms with van der Waals surface area (Å²) in [4.78, 5) is 8.23. The molecule has 0 bridgehead atoms. The Bertz CT molecular complexity index is 573. The molecule has 0 unspecified atom stereocenters. The third-order valence-electron chi connectivity index (χ3n) is 2.51. The number of aromatic nitrogens is 2. The second kappa shape index (κ2) is 5.83. The largest absolute Gasteiger partial charge is 0.439 e. The molecular formula is C14H16FN3O2. The average molecular weight is 277 g/mol. The molecule has 0 atom stereocenters. The van der Waals surface area contributed by atoms with Crippen LogP contribution in [0.25, 0.3) is 0 Å². The van der Waals surface area contributed by atoms with Crippen molar-refractivity contribution in [3.05, 3.63) is 42.3 Å². The highest BCUT2D eigenvalue weighted by atomic mass is 19.1. The number of halogens is 1. The maximum Gasteiger partial charge on any atom is 0.226 e. The summed E-state index contributed by atoms with van der Waals surface area (Å²) in [6.45, 7) is 3.59. The molecule has 1 heterocycles. The molecule has 0 radical (unpaired) electrons. The molecular weight excluding hydrogens is 261 g/mol. The summed E-state index contributed by atoms with van der Waals surface area (Å²) < 4.78 is 18.3. The third kappa shape index (κ3) is 3.89. The van der Waals surface area contributed by atoms with Gasteiger partial charge in [0.25, 0.3) is 0 Å². The van der Waals surface area contributed by atoms with E-state index in [9.17, 15) is 9.50 Å². The number of rotatable bonds is 5. The summed E-state index contributed by atoms with van der Waals surface area (Å²) in [5.74, 6) is 0.844. The van der Waals surface area contributed by atoms with Gasteiger partial charge in [0.1, 0.15) is 11.6 Å². The van der Waals surface area contributed by atoms with E-state index in [-0.39, 0.29) is 12.4 Å². The van der Waals surface area contributed by atoms with Gasteiger partial charge in [0.15, 0.2) is 0 Å². The summed E-state index contributed by atoms with van der Waals surface area (Å²) in [6.07, 6.45) is 1.54. The first-order valence-corrected chi connectivity index (χ1v) is 6.14. The maximum absolute atomic E-state index is 12.8. The van der Waals surface area contributed by atoms with Crippen molar-refractivity contribution in [3.63, 3.8) is 0 Å². The second-order valence-electron chi connectivity index (χ2n) is 4.94. The minimum absolute atomic E-state index is 0.0561. The number of benzene rings is 1. The van der Waals surface area contributed by atoms with E-state index in [2.05, 4.69) is 15.3 Å². The van der Waals surface area contributed by atoms with E-state index >= 15 is 0 Å². The van der Waals surface area contributed by atoms with Crippen LogP contribution in [-0.4, -0.2) is 27.2 Å². The minimum atomic E-state index is -0.533. The zero-order chi connectivity index (χ0) is 14.6. The summed E-state index contributed by atoms with van der Waals surface area (Å²) in [7, 11) is 0. The molecule has 2 rings (SSSR count). The fourth-order valence-electron chi connectivity index (χ4n) is 1.42. The molecule has 2 aromatic rings. The van der Waals surface area contributed by atoms with Gasteiger partial charge >= 0.3 is 0 Å². The van der Waals surface area contributed by atoms with Crippen LogP contribution in [0.1, 0.15) is 13.8 Å². The predicted octanol–water partition coefficient (Wildman–Crippen LogP) is 2.59. The number of aliphatic hydroxyl groups is 1. The van der Waals surface area contributed by atoms with E-state index in [0.717, 1.165) is 0 Å². The maximum atomic E-state index is 12.8. The Hall–Kier alpha value is -2.21. The zero-order valence-electron chi connectivity index (χ0n) is 11.3. The van der Waals surface area contributed by atoms with Gasteiger partial charge in [-0.3, -0.25) is 0 Å². The summed E-state index contributed by atoms with van der Waals surface area (Å²) in [5, 5.41) is 12.2. The molecule has 0 aliphatic rings. The molecule has 2 N–H and O–H groups in total. The lowest BCUT2D eigenvalue weighted by atomic mass is 10.1. The van der Waals surface area contributed by atoms with E-state index in [1.807, 2.05) is 13.8 Å². The molecule has 0 fully saturated rings. The van der Waals surface area contributed by atoms with Gasteiger partial charge in [-0.15, -0.1) is 0 Å². The van der Waals surface area contributed by atoms with Crippen LogP contribution >= 0.6 is 0 Å². The number of anilines is 1. The lowest BCUT2D eigenvalue weighted by Crippen LogP contribution is -2.35. The number of ether oxygens (including phenoxy) is 1. The number of hydrogen-bond acceptors (Lipinski definition) is 5. The highest BCUT2D eigenvalue weighted by molar-refractivity contribution is 5.33. The SMILES string of the molecule is CC(C)(CO)Nc1nccc(Oc2ccc(F)cc2)n1. The Kier molecular flexibility index (Phi) is 4.14. The molecule has 1 aromatic heterocycles. The normalized spacial score (nSPS) is 11.2. The molecule has 106 valence electrons. The van der Waals surface area contributed by atoms with Crippen molar-refractivity contribution in [2.45, 2.75) is 19.4 Å². The predicted molar refractivity (Wildman–Crippen MR) is 73.3 cm³/mol. The van der Waals surface area contributed by atoms with Crippen LogP contribution in [-0.2, 0) is 0 Å². The number of nitrogens with zero attached hydrogens (tertiary/aromatic N) is 2. The van der Waals surface area contributed by atoms with Crippen molar-refractivity contribution in [2.75, 3.05) is 11.9 Å². The van der Waals surface area contributed by atoms with Crippen LogP contribution < -0.4 is 10.1 Å². The highest BCUT2D eigenvalue weighted by Crippen LogP contribution is 2.20. The van der Waals surface area contributed by atoms with Crippen molar-refractivity contribution < 1.29 is 14.2 Å². The summed E-state index contributed by atoms with van der Waals surface area (Å²) in [6, 6.07) is 7.25. The first-order chi connectivity index (χ1) is 9.48. The first kappa shape index (κ1) is 14.2. The van der Waals surface area contributed by atoms with Gasteiger partial charge in [-0.05, 0) is 38.1 Å². The fraction of sp³-hybridized carbons (Fsp3) is 0.286. The van der Waals surface area contributed by atoms with Crippen LogP contribution in [0.15, 0.2) is 36.5 Å². The van der Waals surface area contributed by atoms with E-state index in [0.29, 0.717) is 17.6 Å². The van der Waals surface area contributed by atoms with Crippen LogP contribution in [0, 0.1) is 5.82 Å². The molecule has 20 heavy (non-hydrogen) atoms. The van der Waals surface area contributed by atoms with Gasteiger partial charge in [-0.2, -0.15) is 4.98 Å². The quantitative estimate of drug-likeness (QED) is 0.879. The molecule has 6 heteroatoms. The van der Waals surface area contributed by atoms with Gasteiger partial charge < -0.3 is 15.2 Å². The standard InChI is InChI=1S/C14H16FN3O2/c1-14(2,9-19)18-13-16-8-7-12(17-13)20-11-5-3-10(15)4-6-11/h3-8,19H,9H2,1-2H3,(H,16,17,18). The minimum Gasteiger partial charge on any atom is -0.439 e. The number of aliphatic hydroxyl groups excluding tert-OH is 1. The van der Waals surface area contributed by atoms with Crippen molar-refractivity contribution in [1.82, 2.24) is 9.97 Å². The van der Waals surface area contributed by atoms with Crippen molar-refractivity contribution in [3.8, 4) is 11.6 Å². The van der Waals surface area contributed by atoms with Crippen LogP contribution in [0.2, 0.25) is 0 Å². The summed E-state index contributed by atoms with van der Waals surface area (Å²) >= 11 is 0. The monoisotopic (exact) mass is 277 g/mol. The summed E-state index contributed by atoms with van der Waals surface area (Å²) in [5.41, 5.74) is -0.533. The van der Waals surface area contributed by atoms with Crippen molar-refractivity contribution in [2.24, 2.45) is 0 Å². The third-order valence-corrected chi connectivity index (χ3v) is 2.51. The van der Waals surface area contributed by atoms with Crippen molar-refractivity contribution >= 4 is 5.95 Å². The van der Waals surface area contributed by atoms with E-state index < -0.39 is 5.54 Å². The Balaban J connectivity index is 2.11. The lowest BCUT2D eigenvalue weighted by Gasteiger charge is -2.23. The van der Waals surface area contributed by atoms with Gasteiger partial charge in [0, 0.05) is 12.3 Å². The topological polar surface area (TPSA) is 67.3 Å². The van der Waals surface area contributed by atoms with E-state index in [1.54, 1.807) is 12.3 Å². The molecule has 5 nitrogen and oxygen atoms in total. The number of nitrogens with one attached hydrogen (secondary N) is 1. The molecule has 0 saturated heterocycles. The lowest BCUT2D eigenvalue weighted by molar-refractivity contribution is 0.233. The van der Waals surface area contributed by atoms with Gasteiger partial charge in [-0.25, -0.2) is 9.37 Å². The Morgan fingerprint density at radius 2 is 1.95 bits per heavy atom. The molecule has 0 aliphatic carbocycles.